The molecule has 0 spiro atoms. The van der Waals surface area contributed by atoms with Crippen LogP contribution in [0.15, 0.2) is 59.5 Å². The summed E-state index contributed by atoms with van der Waals surface area (Å²) in [5, 5.41) is 9.10. The van der Waals surface area contributed by atoms with Crippen LogP contribution in [-0.4, -0.2) is 8.42 Å². The molecule has 114 valence electrons. The second-order valence-corrected chi connectivity index (χ2v) is 7.04. The number of hydrogen-bond donors (Lipinski definition) is 1. The van der Waals surface area contributed by atoms with E-state index >= 15 is 0 Å². The van der Waals surface area contributed by atoms with Gasteiger partial charge in [-0.15, -0.1) is 0 Å². The van der Waals surface area contributed by atoms with Gasteiger partial charge in [-0.1, -0.05) is 56.3 Å². The minimum absolute atomic E-state index is 0.0130. The van der Waals surface area contributed by atoms with Gasteiger partial charge in [-0.05, 0) is 23.6 Å². The van der Waals surface area contributed by atoms with E-state index in [0.717, 1.165) is 5.56 Å². The molecule has 0 aliphatic rings. The molecular formula is C17H18N2O2S. The molecule has 0 bridgehead atoms. The second kappa shape index (κ2) is 6.73. The van der Waals surface area contributed by atoms with E-state index in [9.17, 15) is 8.42 Å². The minimum atomic E-state index is -3.77. The average molecular weight is 314 g/mol. The maximum absolute atomic E-state index is 12.6. The lowest BCUT2D eigenvalue weighted by Crippen LogP contribution is -2.32. The van der Waals surface area contributed by atoms with E-state index in [1.807, 2.05) is 50.2 Å². The summed E-state index contributed by atoms with van der Waals surface area (Å²) in [6, 6.07) is 17.2. The highest BCUT2D eigenvalue weighted by molar-refractivity contribution is 7.89. The van der Waals surface area contributed by atoms with E-state index in [2.05, 4.69) is 4.72 Å². The second-order valence-electron chi connectivity index (χ2n) is 5.36. The zero-order valence-corrected chi connectivity index (χ0v) is 13.3. The molecule has 2 rings (SSSR count). The molecule has 0 aliphatic heterocycles. The molecule has 0 fully saturated rings. The lowest BCUT2D eigenvalue weighted by atomic mass is 9.97. The summed E-state index contributed by atoms with van der Waals surface area (Å²) < 4.78 is 28.0. The van der Waals surface area contributed by atoms with Gasteiger partial charge >= 0.3 is 0 Å². The Morgan fingerprint density at radius 2 is 1.59 bits per heavy atom. The predicted molar refractivity (Wildman–Crippen MR) is 85.5 cm³/mol. The smallest absolute Gasteiger partial charge is 0.207 e. The van der Waals surface area contributed by atoms with E-state index in [-0.39, 0.29) is 22.4 Å². The van der Waals surface area contributed by atoms with Crippen LogP contribution >= 0.6 is 0 Å². The highest BCUT2D eigenvalue weighted by Gasteiger charge is 2.25. The molecule has 1 atom stereocenters. The molecule has 4 nitrogen and oxygen atoms in total. The van der Waals surface area contributed by atoms with Crippen molar-refractivity contribution in [2.75, 3.05) is 0 Å². The van der Waals surface area contributed by atoms with E-state index in [1.165, 1.54) is 12.1 Å². The molecular weight excluding hydrogens is 296 g/mol. The van der Waals surface area contributed by atoms with Crippen LogP contribution < -0.4 is 4.72 Å². The summed E-state index contributed by atoms with van der Waals surface area (Å²) in [5.41, 5.74) is 1.04. The molecule has 0 amide bonds. The molecule has 0 aliphatic carbocycles. The van der Waals surface area contributed by atoms with Crippen LogP contribution in [0.2, 0.25) is 0 Å². The Labute approximate surface area is 131 Å². The zero-order chi connectivity index (χ0) is 16.2. The molecule has 5 heteroatoms. The van der Waals surface area contributed by atoms with Crippen molar-refractivity contribution in [2.24, 2.45) is 5.92 Å². The van der Waals surface area contributed by atoms with E-state index < -0.39 is 10.0 Å². The third-order valence-corrected chi connectivity index (χ3v) is 4.90. The highest BCUT2D eigenvalue weighted by Crippen LogP contribution is 2.25. The Morgan fingerprint density at radius 3 is 2.18 bits per heavy atom. The fourth-order valence-corrected chi connectivity index (χ4v) is 3.80. The van der Waals surface area contributed by atoms with Gasteiger partial charge in [0.25, 0.3) is 0 Å². The van der Waals surface area contributed by atoms with Gasteiger partial charge in [0.15, 0.2) is 0 Å². The van der Waals surface area contributed by atoms with Gasteiger partial charge in [-0.2, -0.15) is 5.26 Å². The van der Waals surface area contributed by atoms with Crippen LogP contribution in [0.1, 0.15) is 31.0 Å². The molecule has 0 heterocycles. The van der Waals surface area contributed by atoms with Gasteiger partial charge in [0.1, 0.15) is 6.07 Å². The van der Waals surface area contributed by atoms with Crippen LogP contribution in [0.5, 0.6) is 0 Å². The van der Waals surface area contributed by atoms with Gasteiger partial charge in [-0.25, -0.2) is 13.1 Å². The molecule has 22 heavy (non-hydrogen) atoms. The Hall–Kier alpha value is -2.16. The SMILES string of the molecule is CC(C)[C@H](NS(=O)(=O)c1ccccc1C#N)c1ccccc1. The van der Waals surface area contributed by atoms with Gasteiger partial charge in [0.2, 0.25) is 10.0 Å². The zero-order valence-electron chi connectivity index (χ0n) is 12.5. The van der Waals surface area contributed by atoms with Crippen LogP contribution in [0, 0.1) is 17.2 Å². The van der Waals surface area contributed by atoms with Crippen molar-refractivity contribution in [3.05, 3.63) is 65.7 Å². The Bertz CT molecular complexity index is 778. The number of nitriles is 1. The summed E-state index contributed by atoms with van der Waals surface area (Å²) in [5.74, 6) is 0.0754. The van der Waals surface area contributed by atoms with Crippen molar-refractivity contribution in [1.82, 2.24) is 4.72 Å². The maximum Gasteiger partial charge on any atom is 0.242 e. The van der Waals surface area contributed by atoms with Crippen molar-refractivity contribution in [3.63, 3.8) is 0 Å². The predicted octanol–water partition coefficient (Wildman–Crippen LogP) is 3.23. The molecule has 0 saturated carbocycles. The summed E-state index contributed by atoms with van der Waals surface area (Å²) in [4.78, 5) is 0.0130. The molecule has 1 N–H and O–H groups in total. The minimum Gasteiger partial charge on any atom is -0.207 e. The van der Waals surface area contributed by atoms with Crippen molar-refractivity contribution in [1.29, 1.82) is 5.26 Å². The largest absolute Gasteiger partial charge is 0.242 e. The molecule has 0 saturated heterocycles. The summed E-state index contributed by atoms with van der Waals surface area (Å²) in [6.07, 6.45) is 0. The number of sulfonamides is 1. The van der Waals surface area contributed by atoms with Gasteiger partial charge in [0, 0.05) is 6.04 Å². The first-order valence-corrected chi connectivity index (χ1v) is 8.50. The molecule has 0 aromatic heterocycles. The number of hydrogen-bond acceptors (Lipinski definition) is 3. The van der Waals surface area contributed by atoms with Gasteiger partial charge in [-0.3, -0.25) is 0 Å². The first-order valence-electron chi connectivity index (χ1n) is 7.02. The molecule has 2 aromatic carbocycles. The van der Waals surface area contributed by atoms with Crippen LogP contribution in [0.3, 0.4) is 0 Å². The summed E-state index contributed by atoms with van der Waals surface area (Å²) in [6.45, 7) is 3.91. The Balaban J connectivity index is 2.40. The molecule has 0 radical (unpaired) electrons. The van der Waals surface area contributed by atoms with Crippen LogP contribution in [0.4, 0.5) is 0 Å². The highest BCUT2D eigenvalue weighted by atomic mass is 32.2. The lowest BCUT2D eigenvalue weighted by Gasteiger charge is -2.23. The molecule has 2 aromatic rings. The number of nitrogens with zero attached hydrogens (tertiary/aromatic N) is 1. The summed E-state index contributed by atoms with van der Waals surface area (Å²) in [7, 11) is -3.77. The lowest BCUT2D eigenvalue weighted by molar-refractivity contribution is 0.463. The number of rotatable bonds is 5. The third-order valence-electron chi connectivity index (χ3n) is 3.40. The van der Waals surface area contributed by atoms with E-state index in [0.29, 0.717) is 0 Å². The molecule has 0 unspecified atom stereocenters. The van der Waals surface area contributed by atoms with Gasteiger partial charge in [0.05, 0.1) is 10.5 Å². The van der Waals surface area contributed by atoms with Crippen molar-refractivity contribution < 1.29 is 8.42 Å². The monoisotopic (exact) mass is 314 g/mol. The Morgan fingerprint density at radius 1 is 1.00 bits per heavy atom. The van der Waals surface area contributed by atoms with Crippen molar-refractivity contribution in [3.8, 4) is 6.07 Å². The Kier molecular flexibility index (Phi) is 4.96. The summed E-state index contributed by atoms with van der Waals surface area (Å²) >= 11 is 0. The van der Waals surface area contributed by atoms with Crippen LogP contribution in [0.25, 0.3) is 0 Å². The average Bonchev–Trinajstić information content (AvgIpc) is 2.53. The third kappa shape index (κ3) is 3.53. The first-order chi connectivity index (χ1) is 10.5. The van der Waals surface area contributed by atoms with Gasteiger partial charge < -0.3 is 0 Å². The fraction of sp³-hybridized carbons (Fsp3) is 0.235. The number of nitrogens with one attached hydrogen (secondary N) is 1. The van der Waals surface area contributed by atoms with E-state index in [4.69, 9.17) is 5.26 Å². The maximum atomic E-state index is 12.6. The normalized spacial score (nSPS) is 12.8. The van der Waals surface area contributed by atoms with Crippen molar-refractivity contribution in [2.45, 2.75) is 24.8 Å². The first kappa shape index (κ1) is 16.2. The topological polar surface area (TPSA) is 70.0 Å². The standard InChI is InChI=1S/C17H18N2O2S/c1-13(2)17(14-8-4-3-5-9-14)19-22(20,21)16-11-7-6-10-15(16)12-18/h3-11,13,17,19H,1-2H3/t17-/m0/s1. The van der Waals surface area contributed by atoms with E-state index in [1.54, 1.807) is 12.1 Å². The van der Waals surface area contributed by atoms with Crippen LogP contribution in [-0.2, 0) is 10.0 Å². The quantitative estimate of drug-likeness (QED) is 0.921. The van der Waals surface area contributed by atoms with Crippen molar-refractivity contribution >= 4 is 10.0 Å². The fourth-order valence-electron chi connectivity index (χ4n) is 2.27. The number of benzene rings is 2.